The molecule has 0 spiro atoms. The molecule has 3 rings (SSSR count). The summed E-state index contributed by atoms with van der Waals surface area (Å²) in [5.74, 6) is 1.36. The van der Waals surface area contributed by atoms with Gasteiger partial charge in [-0.25, -0.2) is 0 Å². The first-order valence-corrected chi connectivity index (χ1v) is 9.41. The molecule has 2 aromatic rings. The average Bonchev–Trinajstić information content (AvgIpc) is 3.46. The molecule has 1 fully saturated rings. The maximum absolute atomic E-state index is 13.0. The third-order valence-electron chi connectivity index (χ3n) is 4.80. The third-order valence-corrected chi connectivity index (χ3v) is 4.80. The molecule has 1 aromatic carbocycles. The largest absolute Gasteiger partial charge is 0.491 e. The summed E-state index contributed by atoms with van der Waals surface area (Å²) < 4.78 is 11.7. The number of pyridine rings is 1. The molecule has 0 saturated heterocycles. The van der Waals surface area contributed by atoms with Gasteiger partial charge in [-0.1, -0.05) is 13.8 Å². The second kappa shape index (κ2) is 7.62. The Morgan fingerprint density at radius 2 is 2.12 bits per heavy atom. The summed E-state index contributed by atoms with van der Waals surface area (Å²) in [5.41, 5.74) is 0.716. The van der Waals surface area contributed by atoms with Gasteiger partial charge in [0.05, 0.1) is 12.3 Å². The van der Waals surface area contributed by atoms with Crippen molar-refractivity contribution < 1.29 is 14.3 Å². The third kappa shape index (κ3) is 3.83. The highest BCUT2D eigenvalue weighted by Gasteiger charge is 2.48. The van der Waals surface area contributed by atoms with Gasteiger partial charge in [-0.2, -0.15) is 0 Å². The SMILES string of the molecule is CCOC(C)(C(=O)Nc1ccc(OCC(C)C)c2ncccc12)C1CC1. The average molecular weight is 356 g/mol. The second-order valence-corrected chi connectivity index (χ2v) is 7.48. The number of carbonyl (C=O) groups is 1. The number of nitrogens with one attached hydrogen (secondary N) is 1. The smallest absolute Gasteiger partial charge is 0.256 e. The van der Waals surface area contributed by atoms with Crippen LogP contribution in [0.2, 0.25) is 0 Å². The van der Waals surface area contributed by atoms with Gasteiger partial charge in [-0.05, 0) is 62.8 Å². The molecule has 1 aliphatic carbocycles. The fraction of sp³-hybridized carbons (Fsp3) is 0.524. The molecule has 1 unspecified atom stereocenters. The van der Waals surface area contributed by atoms with Crippen LogP contribution in [-0.2, 0) is 9.53 Å². The van der Waals surface area contributed by atoms with Gasteiger partial charge in [0.2, 0.25) is 0 Å². The number of benzene rings is 1. The summed E-state index contributed by atoms with van der Waals surface area (Å²) in [4.78, 5) is 17.4. The van der Waals surface area contributed by atoms with Crippen LogP contribution < -0.4 is 10.1 Å². The molecule has 1 aromatic heterocycles. The van der Waals surface area contributed by atoms with Crippen molar-refractivity contribution in [2.45, 2.75) is 46.1 Å². The number of carbonyl (C=O) groups excluding carboxylic acids is 1. The zero-order valence-corrected chi connectivity index (χ0v) is 16.0. The van der Waals surface area contributed by atoms with E-state index in [1.54, 1.807) is 6.20 Å². The van der Waals surface area contributed by atoms with Gasteiger partial charge >= 0.3 is 0 Å². The van der Waals surface area contributed by atoms with Gasteiger partial charge in [-0.3, -0.25) is 9.78 Å². The van der Waals surface area contributed by atoms with E-state index >= 15 is 0 Å². The van der Waals surface area contributed by atoms with Crippen molar-refractivity contribution in [3.63, 3.8) is 0 Å². The molecule has 1 aliphatic rings. The fourth-order valence-corrected chi connectivity index (χ4v) is 3.18. The number of aromatic nitrogens is 1. The summed E-state index contributed by atoms with van der Waals surface area (Å²) in [6.07, 6.45) is 3.81. The van der Waals surface area contributed by atoms with Crippen LogP contribution in [0.1, 0.15) is 40.5 Å². The zero-order valence-electron chi connectivity index (χ0n) is 16.0. The first kappa shape index (κ1) is 18.6. The molecular formula is C21H28N2O3. The lowest BCUT2D eigenvalue weighted by Crippen LogP contribution is -2.44. The Labute approximate surface area is 155 Å². The molecule has 1 atom stereocenters. The van der Waals surface area contributed by atoms with Crippen LogP contribution in [0.4, 0.5) is 5.69 Å². The van der Waals surface area contributed by atoms with Crippen LogP contribution in [0.15, 0.2) is 30.5 Å². The predicted octanol–water partition coefficient (Wildman–Crippen LogP) is 4.41. The number of fused-ring (bicyclic) bond motifs is 1. The van der Waals surface area contributed by atoms with Gasteiger partial charge in [0.15, 0.2) is 0 Å². The topological polar surface area (TPSA) is 60.5 Å². The van der Waals surface area contributed by atoms with Crippen LogP contribution >= 0.6 is 0 Å². The van der Waals surface area contributed by atoms with Gasteiger partial charge < -0.3 is 14.8 Å². The minimum atomic E-state index is -0.782. The van der Waals surface area contributed by atoms with E-state index in [0.29, 0.717) is 25.0 Å². The minimum absolute atomic E-state index is 0.0946. The van der Waals surface area contributed by atoms with Crippen LogP contribution in [0.5, 0.6) is 5.75 Å². The van der Waals surface area contributed by atoms with Crippen molar-refractivity contribution >= 4 is 22.5 Å². The van der Waals surface area contributed by atoms with Crippen molar-refractivity contribution in [1.29, 1.82) is 0 Å². The lowest BCUT2D eigenvalue weighted by molar-refractivity contribution is -0.141. The van der Waals surface area contributed by atoms with Crippen LogP contribution in [0.25, 0.3) is 10.9 Å². The number of amides is 1. The van der Waals surface area contributed by atoms with Crippen molar-refractivity contribution in [3.05, 3.63) is 30.5 Å². The number of anilines is 1. The Balaban J connectivity index is 1.88. The number of hydrogen-bond donors (Lipinski definition) is 1. The number of rotatable bonds is 8. The van der Waals surface area contributed by atoms with Gasteiger partial charge in [-0.15, -0.1) is 0 Å². The van der Waals surface area contributed by atoms with Crippen LogP contribution in [0.3, 0.4) is 0 Å². The maximum Gasteiger partial charge on any atom is 0.256 e. The Bertz CT molecular complexity index is 786. The normalized spacial score (nSPS) is 16.5. The first-order valence-electron chi connectivity index (χ1n) is 9.41. The Hall–Kier alpha value is -2.14. The Morgan fingerprint density at radius 1 is 1.35 bits per heavy atom. The Morgan fingerprint density at radius 3 is 2.77 bits per heavy atom. The van der Waals surface area contributed by atoms with Crippen molar-refractivity contribution in [1.82, 2.24) is 4.98 Å². The molecule has 1 saturated carbocycles. The standard InChI is InChI=1S/C21H28N2O3/c1-5-26-21(4,15-8-9-15)20(24)23-17-10-11-18(25-13-14(2)3)19-16(17)7-6-12-22-19/h6-7,10-12,14-15H,5,8-9,13H2,1-4H3,(H,23,24). The molecule has 140 valence electrons. The van der Waals surface area contributed by atoms with Gasteiger partial charge in [0.25, 0.3) is 5.91 Å². The first-order chi connectivity index (χ1) is 12.5. The van der Waals surface area contributed by atoms with E-state index in [4.69, 9.17) is 9.47 Å². The molecule has 5 heteroatoms. The van der Waals surface area contributed by atoms with Crippen molar-refractivity contribution in [2.24, 2.45) is 11.8 Å². The summed E-state index contributed by atoms with van der Waals surface area (Å²) >= 11 is 0. The van der Waals surface area contributed by atoms with Crippen LogP contribution in [-0.4, -0.2) is 29.7 Å². The summed E-state index contributed by atoms with van der Waals surface area (Å²) in [6, 6.07) is 7.58. The molecule has 0 aliphatic heterocycles. The highest BCUT2D eigenvalue weighted by Crippen LogP contribution is 2.43. The van der Waals surface area contributed by atoms with Gasteiger partial charge in [0.1, 0.15) is 16.9 Å². The number of ether oxygens (including phenoxy) is 2. The quantitative estimate of drug-likeness (QED) is 0.761. The molecule has 26 heavy (non-hydrogen) atoms. The molecule has 1 heterocycles. The van der Waals surface area contributed by atoms with Crippen molar-refractivity contribution in [3.8, 4) is 5.75 Å². The highest BCUT2D eigenvalue weighted by atomic mass is 16.5. The fourth-order valence-electron chi connectivity index (χ4n) is 3.18. The minimum Gasteiger partial charge on any atom is -0.491 e. The van der Waals surface area contributed by atoms with E-state index in [9.17, 15) is 4.79 Å². The molecule has 5 nitrogen and oxygen atoms in total. The highest BCUT2D eigenvalue weighted by molar-refractivity contribution is 6.05. The lowest BCUT2D eigenvalue weighted by atomic mass is 9.98. The number of nitrogens with zero attached hydrogens (tertiary/aromatic N) is 1. The maximum atomic E-state index is 13.0. The molecule has 0 radical (unpaired) electrons. The van der Waals surface area contributed by atoms with E-state index < -0.39 is 5.60 Å². The lowest BCUT2D eigenvalue weighted by Gasteiger charge is -2.28. The second-order valence-electron chi connectivity index (χ2n) is 7.48. The van der Waals surface area contributed by atoms with Crippen LogP contribution in [0, 0.1) is 11.8 Å². The molecule has 1 N–H and O–H groups in total. The van der Waals surface area contributed by atoms with E-state index in [1.165, 1.54) is 0 Å². The molecule has 0 bridgehead atoms. The van der Waals surface area contributed by atoms with Crippen molar-refractivity contribution in [2.75, 3.05) is 18.5 Å². The van der Waals surface area contributed by atoms with E-state index in [2.05, 4.69) is 24.1 Å². The predicted molar refractivity (Wildman–Crippen MR) is 103 cm³/mol. The van der Waals surface area contributed by atoms with E-state index in [0.717, 1.165) is 35.2 Å². The number of hydrogen-bond acceptors (Lipinski definition) is 4. The summed E-state index contributed by atoms with van der Waals surface area (Å²) in [7, 11) is 0. The molecular weight excluding hydrogens is 328 g/mol. The van der Waals surface area contributed by atoms with E-state index in [1.807, 2.05) is 38.1 Å². The Kier molecular flexibility index (Phi) is 5.47. The summed E-state index contributed by atoms with van der Waals surface area (Å²) in [6.45, 7) is 9.18. The monoisotopic (exact) mass is 356 g/mol. The summed E-state index contributed by atoms with van der Waals surface area (Å²) in [5, 5.41) is 3.94. The van der Waals surface area contributed by atoms with Gasteiger partial charge in [0, 0.05) is 18.2 Å². The van der Waals surface area contributed by atoms with E-state index in [-0.39, 0.29) is 5.91 Å². The molecule has 1 amide bonds. The zero-order chi connectivity index (χ0) is 18.7.